The quantitative estimate of drug-likeness (QED) is 0.313. The molecule has 5 heterocycles. The van der Waals surface area contributed by atoms with Gasteiger partial charge in [-0.05, 0) is 55.1 Å². The summed E-state index contributed by atoms with van der Waals surface area (Å²) in [5.74, 6) is 0.881. The van der Waals surface area contributed by atoms with Crippen LogP contribution < -0.4 is 15.0 Å². The molecule has 214 valence electrons. The van der Waals surface area contributed by atoms with E-state index in [9.17, 15) is 14.4 Å². The summed E-state index contributed by atoms with van der Waals surface area (Å²) in [6.45, 7) is 2.57. The van der Waals surface area contributed by atoms with Gasteiger partial charge in [0.1, 0.15) is 12.6 Å². The van der Waals surface area contributed by atoms with Crippen LogP contribution in [0.4, 0.5) is 0 Å². The minimum Gasteiger partial charge on any atom is -0.454 e. The van der Waals surface area contributed by atoms with Crippen molar-refractivity contribution in [2.75, 3.05) is 33.0 Å². The molecule has 11 nitrogen and oxygen atoms in total. The standard InChI is InChI=1S/C30H33N5O6/c36-26(32-39)6-3-11-33-12-9-19(10-13-33)34-16-27(37)35-23(30(34)38)15-21-20-4-1-2-5-22(20)31-28(21)29(35)18-7-8-24-25(14-18)41-17-40-24/h1-2,4-5,7-8,14,19,23,29,31,39H,3,6,9-13,15-17H2,(H,32,36). The lowest BCUT2D eigenvalue weighted by Crippen LogP contribution is -2.65. The monoisotopic (exact) mass is 559 g/mol. The number of hydrogen-bond acceptors (Lipinski definition) is 7. The predicted octanol–water partition coefficient (Wildman–Crippen LogP) is 2.33. The molecule has 2 atom stereocenters. The Morgan fingerprint density at radius 1 is 1.07 bits per heavy atom. The summed E-state index contributed by atoms with van der Waals surface area (Å²) in [5, 5.41) is 9.77. The fraction of sp³-hybridized carbons (Fsp3) is 0.433. The van der Waals surface area contributed by atoms with Crippen molar-refractivity contribution >= 4 is 28.6 Å². The van der Waals surface area contributed by atoms with Gasteiger partial charge in [-0.2, -0.15) is 0 Å². The predicted molar refractivity (Wildman–Crippen MR) is 147 cm³/mol. The van der Waals surface area contributed by atoms with E-state index < -0.39 is 12.1 Å². The third-order valence-electron chi connectivity index (χ3n) is 9.01. The van der Waals surface area contributed by atoms with Gasteiger partial charge in [-0.15, -0.1) is 0 Å². The lowest BCUT2D eigenvalue weighted by molar-refractivity contribution is -0.161. The normalized spacial score (nSPS) is 22.7. The van der Waals surface area contributed by atoms with Crippen LogP contribution in [0.2, 0.25) is 0 Å². The Morgan fingerprint density at radius 3 is 2.71 bits per heavy atom. The van der Waals surface area contributed by atoms with Gasteiger partial charge in [0, 0.05) is 48.6 Å². The number of piperidine rings is 1. The number of nitrogens with zero attached hydrogens (tertiary/aromatic N) is 3. The Kier molecular flexibility index (Phi) is 6.55. The van der Waals surface area contributed by atoms with Gasteiger partial charge in [0.05, 0.1) is 6.04 Å². The van der Waals surface area contributed by atoms with E-state index in [1.165, 1.54) is 0 Å². The van der Waals surface area contributed by atoms with E-state index in [4.69, 9.17) is 14.7 Å². The Morgan fingerprint density at radius 2 is 1.88 bits per heavy atom. The highest BCUT2D eigenvalue weighted by Gasteiger charge is 2.49. The number of likely N-dealkylation sites (tertiary alicyclic amines) is 1. The van der Waals surface area contributed by atoms with E-state index in [0.29, 0.717) is 24.3 Å². The summed E-state index contributed by atoms with van der Waals surface area (Å²) in [4.78, 5) is 48.9. The van der Waals surface area contributed by atoms with Crippen LogP contribution in [-0.2, 0) is 20.8 Å². The molecule has 4 aliphatic rings. The van der Waals surface area contributed by atoms with Gasteiger partial charge in [0.25, 0.3) is 0 Å². The van der Waals surface area contributed by atoms with E-state index >= 15 is 0 Å². The fourth-order valence-electron chi connectivity index (χ4n) is 7.00. The molecule has 2 fully saturated rings. The number of carbonyl (C=O) groups is 3. The van der Waals surface area contributed by atoms with Crippen LogP contribution in [0.1, 0.15) is 48.5 Å². The first-order valence-electron chi connectivity index (χ1n) is 14.3. The second-order valence-electron chi connectivity index (χ2n) is 11.3. The van der Waals surface area contributed by atoms with E-state index in [1.807, 2.05) is 41.3 Å². The van der Waals surface area contributed by atoms with Gasteiger partial charge in [0.2, 0.25) is 24.5 Å². The molecule has 3 N–H and O–H groups in total. The average molecular weight is 560 g/mol. The van der Waals surface area contributed by atoms with Gasteiger partial charge in [-0.25, -0.2) is 5.48 Å². The van der Waals surface area contributed by atoms with Crippen molar-refractivity contribution in [3.63, 3.8) is 0 Å². The first-order valence-corrected chi connectivity index (χ1v) is 14.3. The first-order chi connectivity index (χ1) is 20.0. The number of para-hydroxylation sites is 1. The van der Waals surface area contributed by atoms with Crippen molar-refractivity contribution in [1.82, 2.24) is 25.2 Å². The topological polar surface area (TPSA) is 127 Å². The van der Waals surface area contributed by atoms with Gasteiger partial charge in [-0.1, -0.05) is 24.3 Å². The van der Waals surface area contributed by atoms with Gasteiger partial charge in [0.15, 0.2) is 11.5 Å². The largest absolute Gasteiger partial charge is 0.454 e. The number of hydrogen-bond donors (Lipinski definition) is 3. The highest BCUT2D eigenvalue weighted by Crippen LogP contribution is 2.45. The summed E-state index contributed by atoms with van der Waals surface area (Å²) in [7, 11) is 0. The van der Waals surface area contributed by atoms with Gasteiger partial charge >= 0.3 is 0 Å². The van der Waals surface area contributed by atoms with Crippen LogP contribution in [0.3, 0.4) is 0 Å². The van der Waals surface area contributed by atoms with Crippen LogP contribution in [0, 0.1) is 0 Å². The van der Waals surface area contributed by atoms with E-state index in [2.05, 4.69) is 16.0 Å². The molecular weight excluding hydrogens is 526 g/mol. The van der Waals surface area contributed by atoms with E-state index in [0.717, 1.165) is 60.2 Å². The molecule has 0 bridgehead atoms. The zero-order valence-corrected chi connectivity index (χ0v) is 22.7. The van der Waals surface area contributed by atoms with E-state index in [1.54, 1.807) is 10.4 Å². The number of hydroxylamine groups is 1. The molecule has 2 aromatic carbocycles. The number of aromatic amines is 1. The summed E-state index contributed by atoms with van der Waals surface area (Å²) in [5.41, 5.74) is 5.56. The summed E-state index contributed by atoms with van der Waals surface area (Å²) in [6.07, 6.45) is 2.95. The molecule has 11 heteroatoms. The number of amides is 3. The fourth-order valence-corrected chi connectivity index (χ4v) is 7.00. The molecule has 3 aromatic rings. The lowest BCUT2D eigenvalue weighted by atomic mass is 9.85. The maximum absolute atomic E-state index is 14.2. The molecule has 0 saturated carbocycles. The molecule has 4 aliphatic heterocycles. The average Bonchev–Trinajstić information content (AvgIpc) is 3.62. The third-order valence-corrected chi connectivity index (χ3v) is 9.01. The van der Waals surface area contributed by atoms with Crippen LogP contribution in [-0.4, -0.2) is 87.7 Å². The number of carbonyl (C=O) groups excluding carboxylic acids is 3. The molecule has 3 amide bonds. The SMILES string of the molecule is O=C(CCCN1CCC(N2CC(=O)N3C(Cc4c([nH]c5ccccc45)C3c3ccc4c(c3)OCO4)C2=O)CC1)NO. The molecule has 0 radical (unpaired) electrons. The molecule has 1 aromatic heterocycles. The number of aromatic nitrogens is 1. The van der Waals surface area contributed by atoms with Crippen molar-refractivity contribution in [3.05, 3.63) is 59.3 Å². The number of nitrogens with one attached hydrogen (secondary N) is 2. The molecule has 2 unspecified atom stereocenters. The highest BCUT2D eigenvalue weighted by atomic mass is 16.7. The Bertz CT molecular complexity index is 1510. The van der Waals surface area contributed by atoms with Crippen molar-refractivity contribution in [3.8, 4) is 11.5 Å². The maximum atomic E-state index is 14.2. The Balaban J connectivity index is 1.16. The van der Waals surface area contributed by atoms with Crippen LogP contribution in [0.25, 0.3) is 10.9 Å². The zero-order valence-electron chi connectivity index (χ0n) is 22.7. The van der Waals surface area contributed by atoms with Crippen molar-refractivity contribution < 1.29 is 29.1 Å². The van der Waals surface area contributed by atoms with Crippen molar-refractivity contribution in [2.45, 2.75) is 50.2 Å². The van der Waals surface area contributed by atoms with Gasteiger partial charge < -0.3 is 29.2 Å². The molecule has 0 spiro atoms. The number of H-pyrrole nitrogens is 1. The first kappa shape index (κ1) is 25.8. The molecule has 0 aliphatic carbocycles. The smallest absolute Gasteiger partial charge is 0.246 e. The van der Waals surface area contributed by atoms with Crippen LogP contribution >= 0.6 is 0 Å². The molecular formula is C30H33N5O6. The van der Waals surface area contributed by atoms with Crippen LogP contribution in [0.5, 0.6) is 11.5 Å². The third kappa shape index (κ3) is 4.49. The van der Waals surface area contributed by atoms with E-state index in [-0.39, 0.29) is 43.5 Å². The summed E-state index contributed by atoms with van der Waals surface area (Å²) < 4.78 is 11.2. The minimum absolute atomic E-state index is 0.000973. The second kappa shape index (κ2) is 10.4. The summed E-state index contributed by atoms with van der Waals surface area (Å²) in [6, 6.07) is 12.8. The number of ether oxygens (including phenoxy) is 2. The molecule has 7 rings (SSSR count). The maximum Gasteiger partial charge on any atom is 0.246 e. The van der Waals surface area contributed by atoms with Crippen molar-refractivity contribution in [2.24, 2.45) is 0 Å². The molecule has 41 heavy (non-hydrogen) atoms. The highest BCUT2D eigenvalue weighted by molar-refractivity contribution is 5.98. The number of benzene rings is 2. The summed E-state index contributed by atoms with van der Waals surface area (Å²) >= 11 is 0. The zero-order chi connectivity index (χ0) is 28.1. The number of piperazine rings is 1. The van der Waals surface area contributed by atoms with Crippen molar-refractivity contribution in [1.29, 1.82) is 0 Å². The second-order valence-corrected chi connectivity index (χ2v) is 11.3. The number of fused-ring (bicyclic) bond motifs is 5. The Hall–Kier alpha value is -4.09. The van der Waals surface area contributed by atoms with Gasteiger partial charge in [-0.3, -0.25) is 19.6 Å². The van der Waals surface area contributed by atoms with Crippen LogP contribution in [0.15, 0.2) is 42.5 Å². The minimum atomic E-state index is -0.589. The molecule has 2 saturated heterocycles. The number of rotatable bonds is 6. The Labute approximate surface area is 236 Å². The lowest BCUT2D eigenvalue weighted by Gasteiger charge is -2.49.